The third-order valence-electron chi connectivity index (χ3n) is 4.42. The van der Waals surface area contributed by atoms with Crippen molar-refractivity contribution >= 4 is 23.8 Å². The van der Waals surface area contributed by atoms with Gasteiger partial charge in [0.05, 0.1) is 12.0 Å². The number of hydrogen-bond donors (Lipinski definition) is 3. The van der Waals surface area contributed by atoms with E-state index in [0.29, 0.717) is 18.6 Å². The number of hydrazine groups is 1. The van der Waals surface area contributed by atoms with E-state index < -0.39 is 23.7 Å². The lowest BCUT2D eigenvalue weighted by atomic mass is 9.98. The van der Waals surface area contributed by atoms with Gasteiger partial charge in [0.15, 0.2) is 0 Å². The second-order valence-corrected chi connectivity index (χ2v) is 9.44. The Hall–Kier alpha value is -2.51. The van der Waals surface area contributed by atoms with Crippen LogP contribution in [0, 0.1) is 5.92 Å². The lowest BCUT2D eigenvalue weighted by molar-refractivity contribution is -0.126. The highest BCUT2D eigenvalue weighted by Crippen LogP contribution is 2.24. The molecule has 0 saturated heterocycles. The third kappa shape index (κ3) is 10.4. The van der Waals surface area contributed by atoms with Crippen molar-refractivity contribution in [1.29, 1.82) is 0 Å². The number of thioether (sulfide) groups is 1. The first-order chi connectivity index (χ1) is 14.7. The summed E-state index contributed by atoms with van der Waals surface area (Å²) in [5.41, 5.74) is 5.21. The highest BCUT2D eigenvalue weighted by molar-refractivity contribution is 7.99. The molecular weight excluding hydrogens is 412 g/mol. The normalized spacial score (nSPS) is 13.2. The van der Waals surface area contributed by atoms with E-state index in [1.807, 2.05) is 60.7 Å². The maximum Gasteiger partial charge on any atom is 0.426 e. The largest absolute Gasteiger partial charge is 0.443 e. The highest BCUT2D eigenvalue weighted by Gasteiger charge is 2.24. The van der Waals surface area contributed by atoms with Gasteiger partial charge in [-0.05, 0) is 57.7 Å². The van der Waals surface area contributed by atoms with Crippen molar-refractivity contribution in [2.24, 2.45) is 5.92 Å². The summed E-state index contributed by atoms with van der Waals surface area (Å²) in [6, 6.07) is 19.7. The number of aliphatic hydroxyl groups excluding tert-OH is 1. The van der Waals surface area contributed by atoms with Crippen LogP contribution in [-0.2, 0) is 16.0 Å². The maximum atomic E-state index is 12.7. The first kappa shape index (κ1) is 24.8. The number of rotatable bonds is 9. The van der Waals surface area contributed by atoms with Crippen LogP contribution in [0.2, 0.25) is 0 Å². The molecule has 0 radical (unpaired) electrons. The van der Waals surface area contributed by atoms with Crippen molar-refractivity contribution in [2.75, 3.05) is 5.75 Å². The zero-order valence-corrected chi connectivity index (χ0v) is 19.2. The number of aliphatic hydroxyl groups is 1. The Bertz CT molecular complexity index is 809. The molecule has 0 fully saturated rings. The van der Waals surface area contributed by atoms with Gasteiger partial charge in [0.2, 0.25) is 5.91 Å². The predicted octanol–water partition coefficient (Wildman–Crippen LogP) is 4.33. The van der Waals surface area contributed by atoms with E-state index in [0.717, 1.165) is 16.9 Å². The Kier molecular flexibility index (Phi) is 9.88. The minimum atomic E-state index is -0.722. The average molecular weight is 445 g/mol. The molecule has 0 bridgehead atoms. The van der Waals surface area contributed by atoms with Crippen LogP contribution in [0.15, 0.2) is 65.6 Å². The molecule has 0 unspecified atom stereocenters. The molecule has 6 nitrogen and oxygen atoms in total. The van der Waals surface area contributed by atoms with Gasteiger partial charge in [-0.15, -0.1) is 11.8 Å². The van der Waals surface area contributed by atoms with Crippen molar-refractivity contribution in [1.82, 2.24) is 10.9 Å². The summed E-state index contributed by atoms with van der Waals surface area (Å²) in [6.45, 7) is 5.24. The number of carbonyl (C=O) groups is 2. The number of aryl methyl sites for hydroxylation is 1. The summed E-state index contributed by atoms with van der Waals surface area (Å²) < 4.78 is 5.15. The molecule has 0 aromatic heterocycles. The minimum absolute atomic E-state index is 0.300. The molecule has 7 heteroatoms. The van der Waals surface area contributed by atoms with E-state index in [1.165, 1.54) is 0 Å². The zero-order chi connectivity index (χ0) is 22.7. The molecule has 0 spiro atoms. The molecule has 2 amide bonds. The van der Waals surface area contributed by atoms with Gasteiger partial charge in [0, 0.05) is 10.6 Å². The minimum Gasteiger partial charge on any atom is -0.443 e. The second-order valence-electron chi connectivity index (χ2n) is 8.35. The van der Waals surface area contributed by atoms with Crippen molar-refractivity contribution in [2.45, 2.75) is 56.6 Å². The van der Waals surface area contributed by atoms with E-state index >= 15 is 0 Å². The monoisotopic (exact) mass is 444 g/mol. The van der Waals surface area contributed by atoms with Gasteiger partial charge in [-0.25, -0.2) is 10.2 Å². The SMILES string of the molecule is CC(C)(C)OC(=O)NNC(=O)[C@H](CSc1ccccc1)C[C@@H](O)CCc1ccccc1. The summed E-state index contributed by atoms with van der Waals surface area (Å²) in [5, 5.41) is 10.6. The van der Waals surface area contributed by atoms with Crippen LogP contribution in [0.25, 0.3) is 0 Å². The molecule has 0 heterocycles. The Labute approximate surface area is 188 Å². The second kappa shape index (κ2) is 12.4. The number of ether oxygens (including phenoxy) is 1. The van der Waals surface area contributed by atoms with Crippen molar-refractivity contribution in [3.8, 4) is 0 Å². The number of amides is 2. The molecule has 0 aliphatic heterocycles. The number of carbonyl (C=O) groups excluding carboxylic acids is 2. The van der Waals surface area contributed by atoms with E-state index in [2.05, 4.69) is 10.9 Å². The number of benzene rings is 2. The standard InChI is InChI=1S/C24H32N2O4S/c1-24(2,3)30-23(29)26-25-22(28)19(17-31-21-12-8-5-9-13-21)16-20(27)15-14-18-10-6-4-7-11-18/h4-13,19-20,27H,14-17H2,1-3H3,(H,25,28)(H,26,29)/t19-,20-/m0/s1. The Morgan fingerprint density at radius 2 is 1.61 bits per heavy atom. The first-order valence-electron chi connectivity index (χ1n) is 10.4. The van der Waals surface area contributed by atoms with E-state index in [-0.39, 0.29) is 5.91 Å². The van der Waals surface area contributed by atoms with Gasteiger partial charge in [0.25, 0.3) is 0 Å². The van der Waals surface area contributed by atoms with Gasteiger partial charge in [-0.1, -0.05) is 48.5 Å². The topological polar surface area (TPSA) is 87.7 Å². The molecule has 168 valence electrons. The number of hydrogen-bond acceptors (Lipinski definition) is 5. The van der Waals surface area contributed by atoms with Crippen LogP contribution in [0.3, 0.4) is 0 Å². The fourth-order valence-corrected chi connectivity index (χ4v) is 3.94. The van der Waals surface area contributed by atoms with Crippen LogP contribution in [0.5, 0.6) is 0 Å². The van der Waals surface area contributed by atoms with Crippen LogP contribution in [0.1, 0.15) is 39.2 Å². The smallest absolute Gasteiger partial charge is 0.426 e. The van der Waals surface area contributed by atoms with Crippen molar-refractivity contribution < 1.29 is 19.4 Å². The lowest BCUT2D eigenvalue weighted by Gasteiger charge is -2.22. The highest BCUT2D eigenvalue weighted by atomic mass is 32.2. The van der Waals surface area contributed by atoms with Gasteiger partial charge in [-0.2, -0.15) is 0 Å². The molecule has 2 rings (SSSR count). The molecule has 2 aromatic rings. The van der Waals surface area contributed by atoms with Crippen molar-refractivity contribution in [3.05, 3.63) is 66.2 Å². The van der Waals surface area contributed by atoms with E-state index in [9.17, 15) is 14.7 Å². The van der Waals surface area contributed by atoms with E-state index in [4.69, 9.17) is 4.74 Å². The summed E-state index contributed by atoms with van der Waals surface area (Å²) in [5.74, 6) is -0.354. The van der Waals surface area contributed by atoms with Crippen LogP contribution in [0.4, 0.5) is 4.79 Å². The van der Waals surface area contributed by atoms with Crippen molar-refractivity contribution in [3.63, 3.8) is 0 Å². The summed E-state index contributed by atoms with van der Waals surface area (Å²) >= 11 is 1.54. The summed E-state index contributed by atoms with van der Waals surface area (Å²) in [7, 11) is 0. The molecule has 2 aromatic carbocycles. The molecule has 2 atom stereocenters. The first-order valence-corrected chi connectivity index (χ1v) is 11.4. The molecule has 0 aliphatic carbocycles. The summed E-state index contributed by atoms with van der Waals surface area (Å²) in [4.78, 5) is 25.6. The Balaban J connectivity index is 1.92. The average Bonchev–Trinajstić information content (AvgIpc) is 2.73. The van der Waals surface area contributed by atoms with Gasteiger partial charge in [0.1, 0.15) is 5.60 Å². The molecule has 0 saturated carbocycles. The zero-order valence-electron chi connectivity index (χ0n) is 18.3. The fraction of sp³-hybridized carbons (Fsp3) is 0.417. The van der Waals surface area contributed by atoms with Gasteiger partial charge in [-0.3, -0.25) is 10.2 Å². The third-order valence-corrected chi connectivity index (χ3v) is 5.59. The van der Waals surface area contributed by atoms with Gasteiger partial charge >= 0.3 is 6.09 Å². The van der Waals surface area contributed by atoms with Crippen LogP contribution in [-0.4, -0.2) is 34.6 Å². The lowest BCUT2D eigenvalue weighted by Crippen LogP contribution is -2.47. The molecule has 3 N–H and O–H groups in total. The Morgan fingerprint density at radius 3 is 2.23 bits per heavy atom. The maximum absolute atomic E-state index is 12.7. The molecule has 0 aliphatic rings. The number of nitrogens with one attached hydrogen (secondary N) is 2. The molecule has 31 heavy (non-hydrogen) atoms. The van der Waals surface area contributed by atoms with E-state index in [1.54, 1.807) is 32.5 Å². The molecular formula is C24H32N2O4S. The fourth-order valence-electron chi connectivity index (χ4n) is 2.91. The van der Waals surface area contributed by atoms with Crippen LogP contribution >= 0.6 is 11.8 Å². The van der Waals surface area contributed by atoms with Gasteiger partial charge < -0.3 is 9.84 Å². The predicted molar refractivity (Wildman–Crippen MR) is 124 cm³/mol. The Morgan fingerprint density at radius 1 is 1.00 bits per heavy atom. The quantitative estimate of drug-likeness (QED) is 0.396. The van der Waals surface area contributed by atoms with Crippen LogP contribution < -0.4 is 10.9 Å². The summed E-state index contributed by atoms with van der Waals surface area (Å²) in [6.07, 6.45) is 0.240.